The largest absolute Gasteiger partial charge is 0.493 e. The lowest BCUT2D eigenvalue weighted by Gasteiger charge is -2.21. The van der Waals surface area contributed by atoms with Gasteiger partial charge >= 0.3 is 0 Å². The molecule has 1 fully saturated rings. The number of methoxy groups -OCH3 is 1. The Kier molecular flexibility index (Phi) is 5.27. The van der Waals surface area contributed by atoms with Gasteiger partial charge in [0.2, 0.25) is 0 Å². The molecule has 1 aliphatic rings. The summed E-state index contributed by atoms with van der Waals surface area (Å²) in [7, 11) is 0.706. The van der Waals surface area contributed by atoms with Gasteiger partial charge in [0, 0.05) is 6.54 Å². The Labute approximate surface area is 126 Å². The summed E-state index contributed by atoms with van der Waals surface area (Å²) in [5.74, 6) is 1.60. The van der Waals surface area contributed by atoms with Crippen LogP contribution in [-0.2, 0) is 16.4 Å². The smallest absolute Gasteiger partial charge is 0.161 e. The molecule has 0 radical (unpaired) electrons. The number of aromatic nitrogens is 2. The molecular formula is C14H25N3O3S. The third-order valence-corrected chi connectivity index (χ3v) is 5.91. The van der Waals surface area contributed by atoms with E-state index in [1.807, 2.05) is 11.7 Å². The maximum atomic E-state index is 11.6. The first-order chi connectivity index (χ1) is 10.0. The van der Waals surface area contributed by atoms with Crippen molar-refractivity contribution in [3.8, 4) is 5.75 Å². The number of sulfone groups is 1. The summed E-state index contributed by atoms with van der Waals surface area (Å²) in [5, 5.41) is 7.68. The number of hydrogen-bond donors (Lipinski definition) is 1. The van der Waals surface area contributed by atoms with E-state index in [9.17, 15) is 8.42 Å². The second kappa shape index (κ2) is 6.79. The Hall–Kier alpha value is -1.08. The van der Waals surface area contributed by atoms with Crippen LogP contribution in [0.2, 0.25) is 0 Å². The molecule has 0 amide bonds. The van der Waals surface area contributed by atoms with Crippen molar-refractivity contribution in [1.29, 1.82) is 0 Å². The number of ether oxygens (including phenoxy) is 1. The van der Waals surface area contributed by atoms with Crippen LogP contribution in [0.25, 0.3) is 0 Å². The van der Waals surface area contributed by atoms with Crippen LogP contribution in [0, 0.1) is 5.92 Å². The zero-order chi connectivity index (χ0) is 15.5. The summed E-state index contributed by atoms with van der Waals surface area (Å²) >= 11 is 0. The lowest BCUT2D eigenvalue weighted by molar-refractivity contribution is 0.370. The van der Waals surface area contributed by atoms with Crippen molar-refractivity contribution in [2.24, 2.45) is 5.92 Å². The molecular weight excluding hydrogens is 290 g/mol. The molecule has 120 valence electrons. The fourth-order valence-corrected chi connectivity index (χ4v) is 4.91. The molecule has 0 bridgehead atoms. The van der Waals surface area contributed by atoms with Gasteiger partial charge in [-0.1, -0.05) is 6.92 Å². The minimum absolute atomic E-state index is 0.0623. The van der Waals surface area contributed by atoms with Gasteiger partial charge in [0.25, 0.3) is 0 Å². The highest BCUT2D eigenvalue weighted by Gasteiger charge is 2.31. The topological polar surface area (TPSA) is 73.2 Å². The minimum atomic E-state index is -2.84. The molecule has 21 heavy (non-hydrogen) atoms. The van der Waals surface area contributed by atoms with E-state index in [1.165, 1.54) is 0 Å². The Morgan fingerprint density at radius 3 is 2.86 bits per heavy atom. The van der Waals surface area contributed by atoms with Crippen molar-refractivity contribution in [2.45, 2.75) is 38.8 Å². The van der Waals surface area contributed by atoms with Gasteiger partial charge in [-0.3, -0.25) is 4.68 Å². The highest BCUT2D eigenvalue weighted by molar-refractivity contribution is 7.91. The molecule has 0 aromatic carbocycles. The molecule has 2 heterocycles. The van der Waals surface area contributed by atoms with E-state index in [2.05, 4.69) is 17.3 Å². The molecule has 1 aromatic heterocycles. The molecule has 0 spiro atoms. The molecule has 6 nitrogen and oxygen atoms in total. The fraction of sp³-hybridized carbons (Fsp3) is 0.786. The van der Waals surface area contributed by atoms with E-state index in [0.717, 1.165) is 37.3 Å². The molecule has 1 aliphatic heterocycles. The van der Waals surface area contributed by atoms with Gasteiger partial charge in [0.1, 0.15) is 0 Å². The van der Waals surface area contributed by atoms with Crippen LogP contribution >= 0.6 is 0 Å². The van der Waals surface area contributed by atoms with Gasteiger partial charge in [-0.05, 0) is 32.2 Å². The summed E-state index contributed by atoms with van der Waals surface area (Å²) in [6.07, 6.45) is 4.28. The van der Waals surface area contributed by atoms with E-state index in [-0.39, 0.29) is 12.0 Å². The van der Waals surface area contributed by atoms with Crippen molar-refractivity contribution in [3.63, 3.8) is 0 Å². The van der Waals surface area contributed by atoms with Crippen LogP contribution in [0.1, 0.15) is 37.9 Å². The van der Waals surface area contributed by atoms with E-state index < -0.39 is 9.84 Å². The first kappa shape index (κ1) is 16.3. The van der Waals surface area contributed by atoms with E-state index in [4.69, 9.17) is 4.74 Å². The van der Waals surface area contributed by atoms with Crippen LogP contribution in [0.5, 0.6) is 5.75 Å². The van der Waals surface area contributed by atoms with Gasteiger partial charge < -0.3 is 10.1 Å². The predicted octanol–water partition coefficient (Wildman–Crippen LogP) is 1.39. The normalized spacial score (nSPS) is 22.3. The van der Waals surface area contributed by atoms with Crippen LogP contribution in [0.4, 0.5) is 0 Å². The average Bonchev–Trinajstić information content (AvgIpc) is 2.99. The Balaban J connectivity index is 2.19. The van der Waals surface area contributed by atoms with E-state index in [1.54, 1.807) is 13.3 Å². The quantitative estimate of drug-likeness (QED) is 0.823. The SMILES string of the molecule is CCCn1ncc(OC)c1C(CC1CCS(=O)(=O)C1)NC. The van der Waals surface area contributed by atoms with Crippen LogP contribution in [-0.4, -0.2) is 43.9 Å². The monoisotopic (exact) mass is 315 g/mol. The molecule has 1 N–H and O–H groups in total. The maximum absolute atomic E-state index is 11.6. The number of hydrogen-bond acceptors (Lipinski definition) is 5. The summed E-state index contributed by atoms with van der Waals surface area (Å²) in [4.78, 5) is 0. The Morgan fingerprint density at radius 2 is 2.33 bits per heavy atom. The minimum Gasteiger partial charge on any atom is -0.493 e. The lowest BCUT2D eigenvalue weighted by Crippen LogP contribution is -2.24. The van der Waals surface area contributed by atoms with Gasteiger partial charge in [0.05, 0.1) is 36.5 Å². The molecule has 2 atom stereocenters. The summed E-state index contributed by atoms with van der Waals surface area (Å²) in [6, 6.07) is 0.0623. The third kappa shape index (κ3) is 3.77. The van der Waals surface area contributed by atoms with Crippen molar-refractivity contribution in [2.75, 3.05) is 25.7 Å². The summed E-state index contributed by atoms with van der Waals surface area (Å²) < 4.78 is 30.6. The Bertz CT molecular complexity index is 568. The van der Waals surface area contributed by atoms with Crippen LogP contribution in [0.3, 0.4) is 0 Å². The third-order valence-electron chi connectivity index (χ3n) is 4.07. The zero-order valence-corrected chi connectivity index (χ0v) is 13.8. The number of nitrogens with one attached hydrogen (secondary N) is 1. The lowest BCUT2D eigenvalue weighted by atomic mass is 9.97. The van der Waals surface area contributed by atoms with Crippen molar-refractivity contribution in [3.05, 3.63) is 11.9 Å². The number of nitrogens with zero attached hydrogens (tertiary/aromatic N) is 2. The Morgan fingerprint density at radius 1 is 1.57 bits per heavy atom. The van der Waals surface area contributed by atoms with E-state index in [0.29, 0.717) is 11.5 Å². The van der Waals surface area contributed by atoms with Gasteiger partial charge in [0.15, 0.2) is 15.6 Å². The van der Waals surface area contributed by atoms with Gasteiger partial charge in [-0.15, -0.1) is 0 Å². The maximum Gasteiger partial charge on any atom is 0.161 e. The summed E-state index contributed by atoms with van der Waals surface area (Å²) in [5.41, 5.74) is 1.02. The highest BCUT2D eigenvalue weighted by Crippen LogP contribution is 2.33. The second-order valence-corrected chi connectivity index (χ2v) is 7.90. The fourth-order valence-electron chi connectivity index (χ4n) is 3.03. The molecule has 7 heteroatoms. The average molecular weight is 315 g/mol. The highest BCUT2D eigenvalue weighted by atomic mass is 32.2. The molecule has 0 aliphatic carbocycles. The first-order valence-corrected chi connectivity index (χ1v) is 9.30. The molecule has 2 rings (SSSR count). The van der Waals surface area contributed by atoms with Gasteiger partial charge in [-0.2, -0.15) is 5.10 Å². The number of aryl methyl sites for hydroxylation is 1. The molecule has 0 saturated carbocycles. The number of rotatable bonds is 7. The van der Waals surface area contributed by atoms with Crippen molar-refractivity contribution in [1.82, 2.24) is 15.1 Å². The molecule has 1 saturated heterocycles. The van der Waals surface area contributed by atoms with Crippen molar-refractivity contribution >= 4 is 9.84 Å². The van der Waals surface area contributed by atoms with Crippen LogP contribution in [0.15, 0.2) is 6.20 Å². The molecule has 1 aromatic rings. The predicted molar refractivity (Wildman–Crippen MR) is 82.2 cm³/mol. The summed E-state index contributed by atoms with van der Waals surface area (Å²) in [6.45, 7) is 2.94. The zero-order valence-electron chi connectivity index (χ0n) is 13.0. The standard InChI is InChI=1S/C14H25N3O3S/c1-4-6-17-14(13(20-3)9-16-17)12(15-2)8-11-5-7-21(18,19)10-11/h9,11-12,15H,4-8,10H2,1-3H3. The van der Waals surface area contributed by atoms with E-state index >= 15 is 0 Å². The first-order valence-electron chi connectivity index (χ1n) is 7.48. The van der Waals surface area contributed by atoms with Crippen LogP contribution < -0.4 is 10.1 Å². The molecule has 2 unspecified atom stereocenters. The second-order valence-electron chi connectivity index (χ2n) is 5.67. The van der Waals surface area contributed by atoms with Crippen molar-refractivity contribution < 1.29 is 13.2 Å². The van der Waals surface area contributed by atoms with Gasteiger partial charge in [-0.25, -0.2) is 8.42 Å².